The fourth-order valence-electron chi connectivity index (χ4n) is 6.74. The molecule has 45 heavy (non-hydrogen) atoms. The monoisotopic (exact) mass is 649 g/mol. The predicted octanol–water partition coefficient (Wildman–Crippen LogP) is 5.66. The lowest BCUT2D eigenvalue weighted by molar-refractivity contribution is -0.138. The van der Waals surface area contributed by atoms with Gasteiger partial charge in [0, 0.05) is 73.7 Å². The molecule has 7 nitrogen and oxygen atoms in total. The van der Waals surface area contributed by atoms with Crippen LogP contribution >= 0.6 is 23.2 Å². The van der Waals surface area contributed by atoms with E-state index in [9.17, 15) is 9.59 Å². The average Bonchev–Trinajstić information content (AvgIpc) is 3.38. The summed E-state index contributed by atoms with van der Waals surface area (Å²) >= 11 is 12.8. The van der Waals surface area contributed by atoms with Gasteiger partial charge in [0.1, 0.15) is 6.04 Å². The second-order valence-corrected chi connectivity index (χ2v) is 13.2. The van der Waals surface area contributed by atoms with Crippen molar-refractivity contribution >= 4 is 35.0 Å². The molecule has 240 valence electrons. The number of halogens is 2. The number of carbonyl (C=O) groups is 2. The van der Waals surface area contributed by atoms with E-state index in [2.05, 4.69) is 59.4 Å². The summed E-state index contributed by atoms with van der Waals surface area (Å²) in [5.41, 5.74) is 3.92. The van der Waals surface area contributed by atoms with Gasteiger partial charge in [0.25, 0.3) is 0 Å². The standard InChI is InChI=1S/C36H45Cl2N5O2/c1-4-41(5-2)25-33(29-11-7-9-13-31(29)38)42-18-20-43(21-19-42)35(45)32(22-26-14-16-28(37)17-15-26)40-34(44)23-36(3)30-12-8-6-10-27(30)24-39-36/h6-17,32-33,39H,4-5,18-25H2,1-3H3,(H,40,44)/t32-,33?,36?/m1/s1. The summed E-state index contributed by atoms with van der Waals surface area (Å²) < 4.78 is 0. The van der Waals surface area contributed by atoms with Crippen molar-refractivity contribution in [3.05, 3.63) is 105 Å². The van der Waals surface area contributed by atoms with Crippen molar-refractivity contribution in [1.82, 2.24) is 25.3 Å². The minimum absolute atomic E-state index is 0.0547. The van der Waals surface area contributed by atoms with Crippen LogP contribution in [0.15, 0.2) is 72.8 Å². The molecule has 0 bridgehead atoms. The Morgan fingerprint density at radius 1 is 0.933 bits per heavy atom. The highest BCUT2D eigenvalue weighted by Gasteiger charge is 2.37. The first kappa shape index (κ1) is 33.4. The molecule has 0 aromatic heterocycles. The number of hydrogen-bond donors (Lipinski definition) is 2. The Labute approximate surface area is 277 Å². The molecule has 5 rings (SSSR count). The van der Waals surface area contributed by atoms with Crippen LogP contribution in [0.3, 0.4) is 0 Å². The van der Waals surface area contributed by atoms with Gasteiger partial charge in [0.05, 0.1) is 0 Å². The van der Waals surface area contributed by atoms with E-state index in [1.54, 1.807) is 0 Å². The third-order valence-corrected chi connectivity index (χ3v) is 10.0. The Hall–Kier alpha value is -2.94. The maximum Gasteiger partial charge on any atom is 0.245 e. The van der Waals surface area contributed by atoms with Gasteiger partial charge in [-0.2, -0.15) is 0 Å². The lowest BCUT2D eigenvalue weighted by atomic mass is 9.89. The molecule has 2 N–H and O–H groups in total. The van der Waals surface area contributed by atoms with Crippen LogP contribution in [0, 0.1) is 0 Å². The van der Waals surface area contributed by atoms with Gasteiger partial charge in [-0.1, -0.05) is 91.6 Å². The minimum Gasteiger partial charge on any atom is -0.344 e. The molecule has 2 amide bonds. The average molecular weight is 651 g/mol. The second-order valence-electron chi connectivity index (χ2n) is 12.4. The summed E-state index contributed by atoms with van der Waals surface area (Å²) in [4.78, 5) is 34.5. The first-order valence-corrected chi connectivity index (χ1v) is 16.8. The van der Waals surface area contributed by atoms with Crippen LogP contribution in [0.1, 0.15) is 55.5 Å². The lowest BCUT2D eigenvalue weighted by Crippen LogP contribution is -2.57. The van der Waals surface area contributed by atoms with Gasteiger partial charge in [-0.05, 0) is 60.5 Å². The second kappa shape index (κ2) is 15.1. The maximum atomic E-state index is 14.1. The number of benzene rings is 3. The van der Waals surface area contributed by atoms with Crippen LogP contribution in [0.25, 0.3) is 0 Å². The molecule has 9 heteroatoms. The number of hydrogen-bond acceptors (Lipinski definition) is 5. The minimum atomic E-state index is -0.680. The van der Waals surface area contributed by atoms with Crippen LogP contribution in [0.5, 0.6) is 0 Å². The molecular formula is C36H45Cl2N5O2. The van der Waals surface area contributed by atoms with E-state index in [1.807, 2.05) is 59.5 Å². The van der Waals surface area contributed by atoms with E-state index in [0.717, 1.165) is 61.0 Å². The van der Waals surface area contributed by atoms with Crippen molar-refractivity contribution in [1.29, 1.82) is 0 Å². The van der Waals surface area contributed by atoms with Crippen molar-refractivity contribution in [2.75, 3.05) is 45.8 Å². The first-order chi connectivity index (χ1) is 21.7. The largest absolute Gasteiger partial charge is 0.344 e. The summed E-state index contributed by atoms with van der Waals surface area (Å²) in [5.74, 6) is -0.202. The number of nitrogens with one attached hydrogen (secondary N) is 2. The SMILES string of the molecule is CCN(CC)CC(c1ccccc1Cl)N1CCN(C(=O)[C@@H](Cc2ccc(Cl)cc2)NC(=O)CC2(C)NCc3ccccc32)CC1. The van der Waals surface area contributed by atoms with Crippen molar-refractivity contribution in [3.63, 3.8) is 0 Å². The summed E-state index contributed by atoms with van der Waals surface area (Å²) in [6, 6.07) is 23.2. The maximum absolute atomic E-state index is 14.1. The number of fused-ring (bicyclic) bond motifs is 1. The fraction of sp³-hybridized carbons (Fsp3) is 0.444. The number of piperazine rings is 1. The van der Waals surface area contributed by atoms with Gasteiger partial charge >= 0.3 is 0 Å². The highest BCUT2D eigenvalue weighted by molar-refractivity contribution is 6.31. The Balaban J connectivity index is 1.29. The van der Waals surface area contributed by atoms with Gasteiger partial charge in [-0.15, -0.1) is 0 Å². The highest BCUT2D eigenvalue weighted by atomic mass is 35.5. The van der Waals surface area contributed by atoms with Gasteiger partial charge in [0.2, 0.25) is 11.8 Å². The van der Waals surface area contributed by atoms with Gasteiger partial charge < -0.3 is 20.4 Å². The first-order valence-electron chi connectivity index (χ1n) is 16.1. The van der Waals surface area contributed by atoms with Crippen molar-refractivity contribution in [2.24, 2.45) is 0 Å². The van der Waals surface area contributed by atoms with E-state index in [1.165, 1.54) is 5.56 Å². The van der Waals surface area contributed by atoms with Crippen LogP contribution < -0.4 is 10.6 Å². The number of amides is 2. The molecule has 0 saturated carbocycles. The molecule has 3 aromatic carbocycles. The van der Waals surface area contributed by atoms with Gasteiger partial charge in [-0.25, -0.2) is 0 Å². The molecule has 3 atom stereocenters. The quantitative estimate of drug-likeness (QED) is 0.265. The number of carbonyl (C=O) groups excluding carboxylic acids is 2. The molecule has 0 spiro atoms. The smallest absolute Gasteiger partial charge is 0.245 e. The summed E-state index contributed by atoms with van der Waals surface area (Å²) in [6.07, 6.45) is 0.639. The van der Waals surface area contributed by atoms with Crippen LogP contribution in [-0.4, -0.2) is 78.4 Å². The molecule has 2 heterocycles. The third kappa shape index (κ3) is 8.08. The molecule has 0 aliphatic carbocycles. The lowest BCUT2D eigenvalue weighted by Gasteiger charge is -2.42. The highest BCUT2D eigenvalue weighted by Crippen LogP contribution is 2.34. The zero-order chi connectivity index (χ0) is 32.0. The zero-order valence-electron chi connectivity index (χ0n) is 26.6. The van der Waals surface area contributed by atoms with Crippen molar-refractivity contribution in [2.45, 2.75) is 57.8 Å². The molecule has 2 aliphatic rings. The van der Waals surface area contributed by atoms with E-state index in [4.69, 9.17) is 23.2 Å². The Morgan fingerprint density at radius 3 is 2.29 bits per heavy atom. The predicted molar refractivity (Wildman–Crippen MR) is 182 cm³/mol. The summed E-state index contributed by atoms with van der Waals surface area (Å²) in [6.45, 7) is 12.5. The van der Waals surface area contributed by atoms with E-state index >= 15 is 0 Å². The van der Waals surface area contributed by atoms with Crippen LogP contribution in [0.4, 0.5) is 0 Å². The topological polar surface area (TPSA) is 67.9 Å². The number of rotatable bonds is 12. The van der Waals surface area contributed by atoms with Crippen LogP contribution in [0.2, 0.25) is 10.0 Å². The Morgan fingerprint density at radius 2 is 1.60 bits per heavy atom. The molecular weight excluding hydrogens is 605 g/mol. The van der Waals surface area contributed by atoms with E-state index in [-0.39, 0.29) is 24.3 Å². The summed E-state index contributed by atoms with van der Waals surface area (Å²) in [7, 11) is 0. The van der Waals surface area contributed by atoms with Crippen LogP contribution in [-0.2, 0) is 28.1 Å². The molecule has 2 aliphatic heterocycles. The summed E-state index contributed by atoms with van der Waals surface area (Å²) in [5, 5.41) is 8.05. The Kier molecular flexibility index (Phi) is 11.2. The molecule has 2 unspecified atom stereocenters. The van der Waals surface area contributed by atoms with Gasteiger partial charge in [0.15, 0.2) is 0 Å². The third-order valence-electron chi connectivity index (χ3n) is 9.44. The number of likely N-dealkylation sites (N-methyl/N-ethyl adjacent to an activating group) is 1. The zero-order valence-corrected chi connectivity index (χ0v) is 28.1. The normalized spacial score (nSPS) is 19.7. The number of nitrogens with zero attached hydrogens (tertiary/aromatic N) is 3. The fourth-order valence-corrected chi connectivity index (χ4v) is 7.12. The molecule has 1 fully saturated rings. The van der Waals surface area contributed by atoms with Crippen molar-refractivity contribution in [3.8, 4) is 0 Å². The van der Waals surface area contributed by atoms with Gasteiger partial charge in [-0.3, -0.25) is 14.5 Å². The molecule has 1 saturated heterocycles. The molecule has 3 aromatic rings. The Bertz CT molecular complexity index is 1460. The van der Waals surface area contributed by atoms with E-state index in [0.29, 0.717) is 24.5 Å². The van der Waals surface area contributed by atoms with E-state index < -0.39 is 11.6 Å². The molecule has 0 radical (unpaired) electrons. The van der Waals surface area contributed by atoms with Crippen molar-refractivity contribution < 1.29 is 9.59 Å².